The molecule has 0 unspecified atom stereocenters. The summed E-state index contributed by atoms with van der Waals surface area (Å²) in [6.45, 7) is 1.94. The van der Waals surface area contributed by atoms with Crippen LogP contribution in [0.2, 0.25) is 0 Å². The molecule has 0 N–H and O–H groups in total. The first kappa shape index (κ1) is 7.04. The first-order chi connectivity index (χ1) is 4.74. The normalized spacial score (nSPS) is 8.80. The van der Waals surface area contributed by atoms with Crippen LogP contribution < -0.4 is 0 Å². The molecule has 0 atom stereocenters. The maximum absolute atomic E-state index is 10.8. The molecule has 0 aliphatic rings. The first-order valence-corrected chi connectivity index (χ1v) is 3.68. The van der Waals surface area contributed by atoms with E-state index in [0.717, 1.165) is 4.88 Å². The van der Waals surface area contributed by atoms with Crippen LogP contribution in [0.1, 0.15) is 15.2 Å². The maximum atomic E-state index is 10.8. The molecule has 1 aromatic rings. The predicted octanol–water partition coefficient (Wildman–Crippen LogP) is 1.87. The van der Waals surface area contributed by atoms with Crippen molar-refractivity contribution in [1.29, 1.82) is 0 Å². The fourth-order valence-corrected chi connectivity index (χ4v) is 1.33. The highest BCUT2D eigenvalue weighted by atomic mass is 32.1. The molecule has 1 aromatic heterocycles. The maximum Gasteiger partial charge on any atom is 0.236 e. The summed E-state index contributed by atoms with van der Waals surface area (Å²) < 4.78 is 0. The van der Waals surface area contributed by atoms with Gasteiger partial charge in [-0.25, -0.2) is 0 Å². The molecule has 1 rings (SSSR count). The van der Waals surface area contributed by atoms with Crippen molar-refractivity contribution in [1.82, 2.24) is 0 Å². The van der Waals surface area contributed by atoms with E-state index < -0.39 is 0 Å². The molecule has 1 heterocycles. The zero-order chi connectivity index (χ0) is 7.56. The van der Waals surface area contributed by atoms with Gasteiger partial charge in [-0.15, -0.1) is 17.8 Å². The Morgan fingerprint density at radius 1 is 1.80 bits per heavy atom. The monoisotopic (exact) mass is 150 g/mol. The molecule has 0 radical (unpaired) electrons. The smallest absolute Gasteiger partial charge is 0.236 e. The van der Waals surface area contributed by atoms with Gasteiger partial charge in [0.25, 0.3) is 0 Å². The molecule has 0 spiro atoms. The first-order valence-electron chi connectivity index (χ1n) is 2.80. The molecule has 0 aliphatic carbocycles. The highest BCUT2D eigenvalue weighted by Gasteiger charge is 2.01. The number of terminal acetylenes is 1. The minimum absolute atomic E-state index is 0.232. The van der Waals surface area contributed by atoms with Gasteiger partial charge in [-0.2, -0.15) is 0 Å². The summed E-state index contributed by atoms with van der Waals surface area (Å²) >= 11 is 1.53. The second kappa shape index (κ2) is 2.68. The van der Waals surface area contributed by atoms with E-state index in [0.29, 0.717) is 5.56 Å². The Hall–Kier alpha value is -1.07. The van der Waals surface area contributed by atoms with Gasteiger partial charge in [0.2, 0.25) is 5.78 Å². The number of carbonyl (C=O) groups excluding carboxylic acids is 1. The summed E-state index contributed by atoms with van der Waals surface area (Å²) in [6, 6.07) is 1.80. The molecule has 0 aromatic carbocycles. The minimum Gasteiger partial charge on any atom is -0.279 e. The van der Waals surface area contributed by atoms with Crippen molar-refractivity contribution in [3.05, 3.63) is 21.9 Å². The summed E-state index contributed by atoms with van der Waals surface area (Å²) in [4.78, 5) is 11.9. The summed E-state index contributed by atoms with van der Waals surface area (Å²) in [5.41, 5.74) is 0.630. The summed E-state index contributed by atoms with van der Waals surface area (Å²) in [6.07, 6.45) is 4.92. The highest BCUT2D eigenvalue weighted by Crippen LogP contribution is 2.12. The standard InChI is InChI=1S/C8H6OS/c1-3-8(9)7-4-6(2)10-5-7/h1,4-5H,2H3. The van der Waals surface area contributed by atoms with E-state index in [1.54, 1.807) is 11.4 Å². The molecule has 2 heteroatoms. The average molecular weight is 150 g/mol. The molecule has 0 amide bonds. The Labute approximate surface area is 63.7 Å². The molecule has 50 valence electrons. The van der Waals surface area contributed by atoms with Gasteiger partial charge >= 0.3 is 0 Å². The van der Waals surface area contributed by atoms with Crippen LogP contribution in [0, 0.1) is 19.3 Å². The van der Waals surface area contributed by atoms with E-state index in [2.05, 4.69) is 5.92 Å². The number of hydrogen-bond donors (Lipinski definition) is 0. The van der Waals surface area contributed by atoms with E-state index in [9.17, 15) is 4.79 Å². The lowest BCUT2D eigenvalue weighted by Gasteiger charge is -1.80. The number of ketones is 1. The van der Waals surface area contributed by atoms with Crippen molar-refractivity contribution in [2.75, 3.05) is 0 Å². The topological polar surface area (TPSA) is 17.1 Å². The summed E-state index contributed by atoms with van der Waals surface area (Å²) in [7, 11) is 0. The van der Waals surface area contributed by atoms with Crippen molar-refractivity contribution in [3.8, 4) is 12.3 Å². The minimum atomic E-state index is -0.232. The zero-order valence-corrected chi connectivity index (χ0v) is 6.37. The summed E-state index contributed by atoms with van der Waals surface area (Å²) in [5.74, 6) is 1.83. The molecule has 1 nitrogen and oxygen atoms in total. The van der Waals surface area contributed by atoms with Gasteiger partial charge in [0.1, 0.15) is 0 Å². The van der Waals surface area contributed by atoms with Gasteiger partial charge in [0.05, 0.1) is 0 Å². The predicted molar refractivity (Wildman–Crippen MR) is 42.2 cm³/mol. The molecule has 0 aliphatic heterocycles. The van der Waals surface area contributed by atoms with Gasteiger partial charge in [-0.3, -0.25) is 4.79 Å². The van der Waals surface area contributed by atoms with Gasteiger partial charge in [0.15, 0.2) is 0 Å². The van der Waals surface area contributed by atoms with Gasteiger partial charge < -0.3 is 0 Å². The Bertz CT molecular complexity index is 290. The van der Waals surface area contributed by atoms with Gasteiger partial charge in [-0.1, -0.05) is 0 Å². The lowest BCUT2D eigenvalue weighted by atomic mass is 10.2. The molecular formula is C8H6OS. The number of rotatable bonds is 1. The second-order valence-corrected chi connectivity index (χ2v) is 3.03. The lowest BCUT2D eigenvalue weighted by Crippen LogP contribution is -1.89. The van der Waals surface area contributed by atoms with Crippen LogP contribution in [0.25, 0.3) is 0 Å². The lowest BCUT2D eigenvalue weighted by molar-refractivity contribution is 0.105. The van der Waals surface area contributed by atoms with Crippen LogP contribution in [0.5, 0.6) is 0 Å². The third-order valence-electron chi connectivity index (χ3n) is 1.12. The highest BCUT2D eigenvalue weighted by molar-refractivity contribution is 7.10. The molecule has 0 fully saturated rings. The van der Waals surface area contributed by atoms with Crippen LogP contribution >= 0.6 is 11.3 Å². The zero-order valence-electron chi connectivity index (χ0n) is 5.55. The van der Waals surface area contributed by atoms with Gasteiger partial charge in [-0.05, 0) is 18.9 Å². The van der Waals surface area contributed by atoms with E-state index in [1.165, 1.54) is 11.3 Å². The van der Waals surface area contributed by atoms with Crippen molar-refractivity contribution in [3.63, 3.8) is 0 Å². The Kier molecular flexibility index (Phi) is 1.88. The molecule has 0 saturated carbocycles. The fourth-order valence-electron chi connectivity index (χ4n) is 0.646. The van der Waals surface area contributed by atoms with Crippen molar-refractivity contribution in [2.45, 2.75) is 6.92 Å². The number of Topliss-reactive ketones (excluding diaryl/α,β-unsaturated/α-hetero) is 1. The number of thiophene rings is 1. The van der Waals surface area contributed by atoms with Crippen LogP contribution in [-0.2, 0) is 0 Å². The SMILES string of the molecule is C#CC(=O)c1csc(C)c1. The Morgan fingerprint density at radius 3 is 2.90 bits per heavy atom. The Morgan fingerprint density at radius 2 is 2.50 bits per heavy atom. The van der Waals surface area contributed by atoms with Crippen molar-refractivity contribution < 1.29 is 4.79 Å². The molecule has 10 heavy (non-hydrogen) atoms. The van der Waals surface area contributed by atoms with Crippen LogP contribution in [0.3, 0.4) is 0 Å². The number of aryl methyl sites for hydroxylation is 1. The van der Waals surface area contributed by atoms with Crippen molar-refractivity contribution >= 4 is 17.1 Å². The van der Waals surface area contributed by atoms with E-state index in [-0.39, 0.29) is 5.78 Å². The molecule has 0 saturated heterocycles. The summed E-state index contributed by atoms with van der Waals surface area (Å²) in [5, 5.41) is 1.78. The van der Waals surface area contributed by atoms with Crippen LogP contribution in [0.15, 0.2) is 11.4 Å². The second-order valence-electron chi connectivity index (χ2n) is 1.92. The van der Waals surface area contributed by atoms with E-state index >= 15 is 0 Å². The van der Waals surface area contributed by atoms with E-state index in [4.69, 9.17) is 6.42 Å². The van der Waals surface area contributed by atoms with Crippen LogP contribution in [-0.4, -0.2) is 5.78 Å². The Balaban J connectivity index is 2.98. The van der Waals surface area contributed by atoms with Gasteiger partial charge in [0, 0.05) is 15.8 Å². The largest absolute Gasteiger partial charge is 0.279 e. The third kappa shape index (κ3) is 1.26. The quantitative estimate of drug-likeness (QED) is 0.339. The van der Waals surface area contributed by atoms with Crippen LogP contribution in [0.4, 0.5) is 0 Å². The molecular weight excluding hydrogens is 144 g/mol. The number of carbonyl (C=O) groups is 1. The third-order valence-corrected chi connectivity index (χ3v) is 1.99. The fraction of sp³-hybridized carbons (Fsp3) is 0.125. The molecule has 0 bridgehead atoms. The van der Waals surface area contributed by atoms with Crippen molar-refractivity contribution in [2.24, 2.45) is 0 Å². The number of hydrogen-bond acceptors (Lipinski definition) is 2. The average Bonchev–Trinajstić information content (AvgIpc) is 2.34. The van der Waals surface area contributed by atoms with E-state index in [1.807, 2.05) is 6.92 Å².